The first-order valence-electron chi connectivity index (χ1n) is 6.99. The summed E-state index contributed by atoms with van der Waals surface area (Å²) >= 11 is 0. The van der Waals surface area contributed by atoms with Gasteiger partial charge in [0.15, 0.2) is 0 Å². The summed E-state index contributed by atoms with van der Waals surface area (Å²) in [6, 6.07) is 1.22. The van der Waals surface area contributed by atoms with Crippen LogP contribution in [0.1, 0.15) is 47.0 Å². The van der Waals surface area contributed by atoms with E-state index in [0.29, 0.717) is 12.1 Å². The summed E-state index contributed by atoms with van der Waals surface area (Å²) in [6.45, 7) is 11.5. The predicted octanol–water partition coefficient (Wildman–Crippen LogP) is 5.71. The van der Waals surface area contributed by atoms with E-state index in [1.807, 2.05) is 0 Å². The molecule has 0 amide bonds. The molecule has 0 aromatic rings. The maximum atomic E-state index is 9.87. The molecule has 1 heterocycles. The first-order valence-corrected chi connectivity index (χ1v) is 9.02. The van der Waals surface area contributed by atoms with Crippen LogP contribution in [-0.2, 0) is 0 Å². The molecule has 2 nitrogen and oxygen atoms in total. The van der Waals surface area contributed by atoms with Crippen molar-refractivity contribution in [3.05, 3.63) is 0 Å². The molecule has 1 fully saturated rings. The zero-order valence-corrected chi connectivity index (χ0v) is 13.8. The van der Waals surface area contributed by atoms with Crippen molar-refractivity contribution in [3.8, 4) is 0 Å². The van der Waals surface area contributed by atoms with Gasteiger partial charge in [-0.1, -0.05) is 0 Å². The van der Waals surface area contributed by atoms with Crippen LogP contribution in [0.5, 0.6) is 0 Å². The van der Waals surface area contributed by atoms with E-state index >= 15 is 0 Å². The van der Waals surface area contributed by atoms with E-state index in [1.165, 1.54) is 32.4 Å². The molecular formula is C12H25F6N2P. The van der Waals surface area contributed by atoms with Crippen LogP contribution < -0.4 is 0 Å². The predicted molar refractivity (Wildman–Crippen MR) is 75.6 cm³/mol. The van der Waals surface area contributed by atoms with Crippen molar-refractivity contribution in [1.82, 2.24) is 4.90 Å². The van der Waals surface area contributed by atoms with E-state index < -0.39 is 7.81 Å². The molecule has 0 unspecified atom stereocenters. The molecule has 21 heavy (non-hydrogen) atoms. The Morgan fingerprint density at radius 1 is 0.810 bits per heavy atom. The standard InChI is InChI=1S/C12H25N2.F6P/c1-11(2)14(12(3)4)10-13-8-6-5-7-9-13;1-7(2,3,4,5)6/h10-12H,5-9H2,1-4H3;/q+1;-1. The minimum atomic E-state index is -10.7. The number of piperidine rings is 1. The van der Waals surface area contributed by atoms with Crippen molar-refractivity contribution in [1.29, 1.82) is 0 Å². The number of hydrogen-bond donors (Lipinski definition) is 0. The molecule has 1 rings (SSSR count). The van der Waals surface area contributed by atoms with Crippen LogP contribution in [0.15, 0.2) is 0 Å². The molecule has 130 valence electrons. The van der Waals surface area contributed by atoms with Crippen LogP contribution >= 0.6 is 7.81 Å². The van der Waals surface area contributed by atoms with Crippen LogP contribution in [0.3, 0.4) is 0 Å². The van der Waals surface area contributed by atoms with E-state index in [-0.39, 0.29) is 0 Å². The molecule has 1 saturated heterocycles. The number of rotatable bonds is 3. The van der Waals surface area contributed by atoms with Gasteiger partial charge >= 0.3 is 33.0 Å². The van der Waals surface area contributed by atoms with Crippen LogP contribution in [0.2, 0.25) is 0 Å². The van der Waals surface area contributed by atoms with Crippen molar-refractivity contribution in [3.63, 3.8) is 0 Å². The van der Waals surface area contributed by atoms with Crippen molar-refractivity contribution < 1.29 is 29.8 Å². The van der Waals surface area contributed by atoms with Crippen molar-refractivity contribution in [2.45, 2.75) is 59.0 Å². The van der Waals surface area contributed by atoms with Gasteiger partial charge < -0.3 is 0 Å². The Labute approximate surface area is 122 Å². The van der Waals surface area contributed by atoms with Gasteiger partial charge in [0.1, 0.15) is 0 Å². The van der Waals surface area contributed by atoms with E-state index in [4.69, 9.17) is 0 Å². The molecule has 0 saturated carbocycles. The Morgan fingerprint density at radius 3 is 1.43 bits per heavy atom. The summed E-state index contributed by atoms with van der Waals surface area (Å²) in [5, 5.41) is 0. The monoisotopic (exact) mass is 342 g/mol. The van der Waals surface area contributed by atoms with Crippen molar-refractivity contribution in [2.24, 2.45) is 0 Å². The van der Waals surface area contributed by atoms with Gasteiger partial charge in [0, 0.05) is 0 Å². The van der Waals surface area contributed by atoms with E-state index in [2.05, 4.69) is 43.5 Å². The summed E-state index contributed by atoms with van der Waals surface area (Å²) in [6.07, 6.45) is 6.48. The summed E-state index contributed by atoms with van der Waals surface area (Å²) in [5.41, 5.74) is 0. The Balaban J connectivity index is 0.000000486. The Hall–Kier alpha value is -0.520. The fourth-order valence-corrected chi connectivity index (χ4v) is 2.09. The summed E-state index contributed by atoms with van der Waals surface area (Å²) in [4.78, 5) is 2.45. The first-order chi connectivity index (χ1) is 9.06. The molecular weight excluding hydrogens is 317 g/mol. The molecule has 0 aromatic heterocycles. The van der Waals surface area contributed by atoms with Gasteiger partial charge in [0.25, 0.3) is 0 Å². The van der Waals surface area contributed by atoms with Gasteiger partial charge in [-0.2, -0.15) is 0 Å². The molecule has 0 aromatic carbocycles. The third-order valence-corrected chi connectivity index (χ3v) is 2.88. The summed E-state index contributed by atoms with van der Waals surface area (Å²) in [5.74, 6) is 0. The zero-order chi connectivity index (χ0) is 17.0. The Morgan fingerprint density at radius 2 is 1.14 bits per heavy atom. The van der Waals surface area contributed by atoms with Gasteiger partial charge in [0.05, 0.1) is 25.2 Å². The van der Waals surface area contributed by atoms with Crippen LogP contribution in [0.25, 0.3) is 0 Å². The molecule has 0 radical (unpaired) electrons. The summed E-state index contributed by atoms with van der Waals surface area (Å²) in [7, 11) is -10.7. The first kappa shape index (κ1) is 20.5. The molecule has 0 N–H and O–H groups in total. The molecule has 0 spiro atoms. The molecule has 1 aliphatic heterocycles. The third-order valence-electron chi connectivity index (χ3n) is 2.88. The number of hydrogen-bond acceptors (Lipinski definition) is 0. The average Bonchev–Trinajstić information content (AvgIpc) is 2.22. The van der Waals surface area contributed by atoms with Crippen molar-refractivity contribution >= 4 is 14.1 Å². The van der Waals surface area contributed by atoms with Gasteiger partial charge in [-0.15, -0.1) is 0 Å². The Bertz CT molecular complexity index is 333. The fourth-order valence-electron chi connectivity index (χ4n) is 2.09. The quantitative estimate of drug-likeness (QED) is 0.275. The fraction of sp³-hybridized carbons (Fsp3) is 0.917. The van der Waals surface area contributed by atoms with Crippen LogP contribution in [0.4, 0.5) is 25.2 Å². The maximum absolute atomic E-state index is 10.7. The number of halogens is 6. The SMILES string of the molecule is CC(C)N(C=[N+]1CCCCC1)C(C)C.F[P-](F)(F)(F)(F)F. The van der Waals surface area contributed by atoms with Gasteiger partial charge in [-0.05, 0) is 47.0 Å². The van der Waals surface area contributed by atoms with E-state index in [9.17, 15) is 25.2 Å². The third kappa shape index (κ3) is 15.7. The van der Waals surface area contributed by atoms with Gasteiger partial charge in [0.2, 0.25) is 6.34 Å². The molecule has 9 heteroatoms. The zero-order valence-electron chi connectivity index (χ0n) is 12.9. The second-order valence-corrected chi connectivity index (χ2v) is 7.72. The van der Waals surface area contributed by atoms with Gasteiger partial charge in [-0.3, -0.25) is 9.48 Å². The van der Waals surface area contributed by atoms with Crippen LogP contribution in [0, 0.1) is 0 Å². The normalized spacial score (nSPS) is 19.5. The van der Waals surface area contributed by atoms with Gasteiger partial charge in [-0.25, -0.2) is 0 Å². The Kier molecular flexibility index (Phi) is 6.15. The molecule has 0 bridgehead atoms. The van der Waals surface area contributed by atoms with Crippen LogP contribution in [-0.4, -0.2) is 41.0 Å². The van der Waals surface area contributed by atoms with Crippen molar-refractivity contribution in [2.75, 3.05) is 13.1 Å². The second kappa shape index (κ2) is 6.31. The molecule has 1 aliphatic rings. The second-order valence-electron chi connectivity index (χ2n) is 5.81. The topological polar surface area (TPSA) is 6.25 Å². The molecule has 0 aliphatic carbocycles. The average molecular weight is 342 g/mol. The number of nitrogens with zero attached hydrogens (tertiary/aromatic N) is 2. The summed E-state index contributed by atoms with van der Waals surface area (Å²) < 4.78 is 61.7. The van der Waals surface area contributed by atoms with E-state index in [0.717, 1.165) is 0 Å². The molecule has 0 atom stereocenters. The minimum absolute atomic E-state index is 0.608. The van der Waals surface area contributed by atoms with E-state index in [1.54, 1.807) is 0 Å².